The first-order valence-corrected chi connectivity index (χ1v) is 9.78. The van der Waals surface area contributed by atoms with Crippen LogP contribution in [0, 0.1) is 0 Å². The Morgan fingerprint density at radius 3 is 2.67 bits per heavy atom. The third-order valence-electron chi connectivity index (χ3n) is 5.32. The van der Waals surface area contributed by atoms with Crippen molar-refractivity contribution in [2.75, 3.05) is 63.8 Å². The number of nitrogens with two attached hydrogens (primary N) is 1. The number of hydrogen-bond donors (Lipinski definition) is 2. The highest BCUT2D eigenvalue weighted by atomic mass is 127. The summed E-state index contributed by atoms with van der Waals surface area (Å²) in [5, 5.41) is 3.26. The number of halogens is 1. The number of aromatic nitrogens is 2. The quantitative estimate of drug-likeness (QED) is 0.331. The topological polar surface area (TPSA) is 85.9 Å². The second-order valence-electron chi connectivity index (χ2n) is 6.95. The highest BCUT2D eigenvalue weighted by Crippen LogP contribution is 2.16. The molecule has 27 heavy (non-hydrogen) atoms. The van der Waals surface area contributed by atoms with Gasteiger partial charge in [0.15, 0.2) is 5.96 Å². The highest BCUT2D eigenvalue weighted by molar-refractivity contribution is 14.0. The summed E-state index contributed by atoms with van der Waals surface area (Å²) in [4.78, 5) is 20.4. The van der Waals surface area contributed by atoms with Gasteiger partial charge in [0.2, 0.25) is 5.95 Å². The van der Waals surface area contributed by atoms with Gasteiger partial charge in [0.25, 0.3) is 0 Å². The van der Waals surface area contributed by atoms with E-state index >= 15 is 0 Å². The third kappa shape index (κ3) is 6.72. The molecule has 1 unspecified atom stereocenters. The van der Waals surface area contributed by atoms with E-state index < -0.39 is 0 Å². The number of likely N-dealkylation sites (N-methyl/N-ethyl adjacent to an activating group) is 1. The molecule has 2 fully saturated rings. The molecule has 3 N–H and O–H groups in total. The van der Waals surface area contributed by atoms with Gasteiger partial charge in [0, 0.05) is 57.7 Å². The van der Waals surface area contributed by atoms with Gasteiger partial charge < -0.3 is 16.0 Å². The van der Waals surface area contributed by atoms with Crippen LogP contribution in [0.3, 0.4) is 0 Å². The summed E-state index contributed by atoms with van der Waals surface area (Å²) in [6.45, 7) is 11.1. The lowest BCUT2D eigenvalue weighted by Gasteiger charge is -2.34. The lowest BCUT2D eigenvalue weighted by molar-refractivity contribution is 0.260. The first-order valence-electron chi connectivity index (χ1n) is 9.78. The van der Waals surface area contributed by atoms with Crippen molar-refractivity contribution in [3.8, 4) is 0 Å². The standard InChI is InChI=1S/C18H32N8.HI/c1-2-25-9-3-5-16(25)15-23-17(19)20-8-10-24-11-13-26(14-12-24)18-21-6-4-7-22-18;/h4,6-7,16H,2-3,5,8-15H2,1H3,(H3,19,20,23);1H. The lowest BCUT2D eigenvalue weighted by Crippen LogP contribution is -2.49. The Hall–Kier alpha value is -1.20. The molecular formula is C18H33IN8. The van der Waals surface area contributed by atoms with Gasteiger partial charge >= 0.3 is 0 Å². The van der Waals surface area contributed by atoms with Crippen molar-refractivity contribution >= 4 is 35.9 Å². The van der Waals surface area contributed by atoms with Gasteiger partial charge in [-0.2, -0.15) is 0 Å². The zero-order valence-corrected chi connectivity index (χ0v) is 18.6. The fourth-order valence-corrected chi connectivity index (χ4v) is 3.75. The molecule has 0 radical (unpaired) electrons. The van der Waals surface area contributed by atoms with Gasteiger partial charge in [-0.15, -0.1) is 24.0 Å². The second-order valence-corrected chi connectivity index (χ2v) is 6.95. The molecule has 1 aromatic heterocycles. The number of aliphatic imine (C=N–C) groups is 1. The molecule has 1 aromatic rings. The van der Waals surface area contributed by atoms with E-state index in [1.807, 2.05) is 6.07 Å². The maximum Gasteiger partial charge on any atom is 0.225 e. The minimum absolute atomic E-state index is 0. The number of rotatable bonds is 7. The van der Waals surface area contributed by atoms with Gasteiger partial charge in [-0.3, -0.25) is 14.8 Å². The maximum atomic E-state index is 6.03. The van der Waals surface area contributed by atoms with Crippen LogP contribution in [0.2, 0.25) is 0 Å². The monoisotopic (exact) mass is 488 g/mol. The first kappa shape index (κ1) is 22.1. The van der Waals surface area contributed by atoms with Gasteiger partial charge in [0.05, 0.1) is 6.54 Å². The SMILES string of the molecule is CCN1CCCC1CN=C(N)NCCN1CCN(c2ncccn2)CC1.I. The van der Waals surface area contributed by atoms with Crippen molar-refractivity contribution in [1.29, 1.82) is 0 Å². The van der Waals surface area contributed by atoms with Crippen LogP contribution in [-0.2, 0) is 0 Å². The van der Waals surface area contributed by atoms with Crippen LogP contribution < -0.4 is 16.0 Å². The van der Waals surface area contributed by atoms with Crippen molar-refractivity contribution in [3.63, 3.8) is 0 Å². The van der Waals surface area contributed by atoms with Crippen LogP contribution in [0.4, 0.5) is 5.95 Å². The molecule has 2 aliphatic rings. The summed E-state index contributed by atoms with van der Waals surface area (Å²) in [6, 6.07) is 2.41. The smallest absolute Gasteiger partial charge is 0.225 e. The van der Waals surface area contributed by atoms with Crippen molar-refractivity contribution in [1.82, 2.24) is 25.1 Å². The van der Waals surface area contributed by atoms with Gasteiger partial charge in [-0.1, -0.05) is 6.92 Å². The van der Waals surface area contributed by atoms with E-state index in [1.54, 1.807) is 12.4 Å². The summed E-state index contributed by atoms with van der Waals surface area (Å²) in [5.41, 5.74) is 6.03. The number of guanidine groups is 1. The van der Waals surface area contributed by atoms with E-state index in [-0.39, 0.29) is 24.0 Å². The molecule has 3 heterocycles. The molecule has 0 aromatic carbocycles. The summed E-state index contributed by atoms with van der Waals surface area (Å²) in [7, 11) is 0. The molecule has 0 amide bonds. The second kappa shape index (κ2) is 11.6. The Bertz CT molecular complexity index is 562. The molecular weight excluding hydrogens is 455 g/mol. The fraction of sp³-hybridized carbons (Fsp3) is 0.722. The van der Waals surface area contributed by atoms with Crippen molar-refractivity contribution in [3.05, 3.63) is 18.5 Å². The molecule has 8 nitrogen and oxygen atoms in total. The molecule has 1 atom stereocenters. The van der Waals surface area contributed by atoms with Crippen LogP contribution in [0.15, 0.2) is 23.5 Å². The Morgan fingerprint density at radius 1 is 1.22 bits per heavy atom. The molecule has 0 saturated carbocycles. The lowest BCUT2D eigenvalue weighted by atomic mass is 10.2. The number of nitrogens with one attached hydrogen (secondary N) is 1. The van der Waals surface area contributed by atoms with E-state index in [0.717, 1.165) is 58.3 Å². The van der Waals surface area contributed by atoms with Gasteiger partial charge in [-0.05, 0) is 32.0 Å². The van der Waals surface area contributed by atoms with E-state index in [0.29, 0.717) is 12.0 Å². The average Bonchev–Trinajstić information content (AvgIpc) is 3.15. The molecule has 9 heteroatoms. The molecule has 0 aliphatic carbocycles. The van der Waals surface area contributed by atoms with Gasteiger partial charge in [-0.25, -0.2) is 9.97 Å². The number of nitrogens with zero attached hydrogens (tertiary/aromatic N) is 6. The summed E-state index contributed by atoms with van der Waals surface area (Å²) in [6.07, 6.45) is 6.11. The van der Waals surface area contributed by atoms with Crippen LogP contribution in [-0.4, -0.2) is 90.7 Å². The van der Waals surface area contributed by atoms with Crippen LogP contribution >= 0.6 is 24.0 Å². The molecule has 152 valence electrons. The normalized spacial score (nSPS) is 21.9. The minimum atomic E-state index is 0. The minimum Gasteiger partial charge on any atom is -0.370 e. The van der Waals surface area contributed by atoms with Crippen molar-refractivity contribution < 1.29 is 0 Å². The van der Waals surface area contributed by atoms with Crippen molar-refractivity contribution in [2.24, 2.45) is 10.7 Å². The van der Waals surface area contributed by atoms with Crippen molar-refractivity contribution in [2.45, 2.75) is 25.8 Å². The largest absolute Gasteiger partial charge is 0.370 e. The van der Waals surface area contributed by atoms with E-state index in [9.17, 15) is 0 Å². The average molecular weight is 488 g/mol. The van der Waals surface area contributed by atoms with E-state index in [1.165, 1.54) is 19.4 Å². The fourth-order valence-electron chi connectivity index (χ4n) is 3.75. The molecule has 0 bridgehead atoms. The molecule has 0 spiro atoms. The Morgan fingerprint density at radius 2 is 1.96 bits per heavy atom. The highest BCUT2D eigenvalue weighted by Gasteiger charge is 2.22. The van der Waals surface area contributed by atoms with Crippen LogP contribution in [0.5, 0.6) is 0 Å². The van der Waals surface area contributed by atoms with Crippen LogP contribution in [0.25, 0.3) is 0 Å². The summed E-state index contributed by atoms with van der Waals surface area (Å²) < 4.78 is 0. The molecule has 2 aliphatic heterocycles. The Kier molecular flexibility index (Phi) is 9.49. The summed E-state index contributed by atoms with van der Waals surface area (Å²) >= 11 is 0. The molecule has 3 rings (SSSR count). The van der Waals surface area contributed by atoms with E-state index in [2.05, 4.69) is 41.9 Å². The van der Waals surface area contributed by atoms with Gasteiger partial charge in [0.1, 0.15) is 0 Å². The number of anilines is 1. The molecule has 2 saturated heterocycles. The first-order chi connectivity index (χ1) is 12.8. The Balaban J connectivity index is 0.00000261. The number of piperazine rings is 1. The zero-order valence-electron chi connectivity index (χ0n) is 16.3. The third-order valence-corrected chi connectivity index (χ3v) is 5.32. The predicted molar refractivity (Wildman–Crippen MR) is 121 cm³/mol. The summed E-state index contributed by atoms with van der Waals surface area (Å²) in [5.74, 6) is 1.40. The Labute approximate surface area is 179 Å². The number of likely N-dealkylation sites (tertiary alicyclic amines) is 1. The van der Waals surface area contributed by atoms with Crippen LogP contribution in [0.1, 0.15) is 19.8 Å². The number of hydrogen-bond acceptors (Lipinski definition) is 6. The zero-order chi connectivity index (χ0) is 18.2. The maximum absolute atomic E-state index is 6.03. The predicted octanol–water partition coefficient (Wildman–Crippen LogP) is 0.605. The van der Waals surface area contributed by atoms with E-state index in [4.69, 9.17) is 5.73 Å².